The topological polar surface area (TPSA) is 82.5 Å². The summed E-state index contributed by atoms with van der Waals surface area (Å²) < 4.78 is 1.49. The molecule has 0 saturated carbocycles. The van der Waals surface area contributed by atoms with Crippen LogP contribution in [-0.4, -0.2) is 15.3 Å². The van der Waals surface area contributed by atoms with Gasteiger partial charge in [0, 0.05) is 12.2 Å². The molecule has 0 N–H and O–H groups in total. The third kappa shape index (κ3) is 4.14. The maximum absolute atomic E-state index is 13.1. The van der Waals surface area contributed by atoms with Crippen molar-refractivity contribution in [2.24, 2.45) is 5.92 Å². The van der Waals surface area contributed by atoms with Gasteiger partial charge < -0.3 is 0 Å². The van der Waals surface area contributed by atoms with E-state index in [1.807, 2.05) is 12.1 Å². The first-order valence-corrected chi connectivity index (χ1v) is 9.68. The summed E-state index contributed by atoms with van der Waals surface area (Å²) in [5.41, 5.74) is 0.941. The van der Waals surface area contributed by atoms with Gasteiger partial charge in [-0.2, -0.15) is 10.5 Å². The molecule has 0 aliphatic rings. The second kappa shape index (κ2) is 8.73. The molecule has 0 aliphatic carbocycles. The lowest BCUT2D eigenvalue weighted by Crippen LogP contribution is -2.22. The van der Waals surface area contributed by atoms with E-state index in [1.165, 1.54) is 16.3 Å². The molecule has 134 valence electrons. The van der Waals surface area contributed by atoms with Crippen molar-refractivity contribution < 1.29 is 0 Å². The zero-order chi connectivity index (χ0) is 19.2. The molecule has 1 heterocycles. The smallest absolute Gasteiger partial charge is 0.266 e. The lowest BCUT2D eigenvalue weighted by atomic mass is 10.1. The predicted molar refractivity (Wildman–Crippen MR) is 107 cm³/mol. The van der Waals surface area contributed by atoms with Gasteiger partial charge in [-0.3, -0.25) is 9.36 Å². The van der Waals surface area contributed by atoms with Crippen LogP contribution < -0.4 is 5.56 Å². The molecule has 0 amide bonds. The van der Waals surface area contributed by atoms with Crippen LogP contribution in [0.5, 0.6) is 0 Å². The van der Waals surface area contributed by atoms with Crippen molar-refractivity contribution >= 4 is 34.3 Å². The van der Waals surface area contributed by atoms with Crippen molar-refractivity contribution in [2.45, 2.75) is 18.0 Å². The fourth-order valence-corrected chi connectivity index (χ4v) is 3.94. The van der Waals surface area contributed by atoms with Crippen LogP contribution in [0, 0.1) is 28.6 Å². The van der Waals surface area contributed by atoms with Gasteiger partial charge in [-0.25, -0.2) is 4.98 Å². The third-order valence-electron chi connectivity index (χ3n) is 4.04. The van der Waals surface area contributed by atoms with Gasteiger partial charge in [0.15, 0.2) is 5.16 Å². The van der Waals surface area contributed by atoms with Crippen molar-refractivity contribution in [1.29, 1.82) is 10.5 Å². The standard InChI is InChI=1S/C20H15ClN4OS/c21-16-8-2-4-10-18(16)25-19(26)15-7-1-3-9-17(15)24-20(25)27-13-14(12-23)6-5-11-22/h1-4,7-10,14H,5-6,13H2/t14-/m0/s1. The molecule has 1 atom stereocenters. The van der Waals surface area contributed by atoms with Crippen LogP contribution in [0.25, 0.3) is 16.6 Å². The van der Waals surface area contributed by atoms with E-state index in [-0.39, 0.29) is 11.5 Å². The van der Waals surface area contributed by atoms with Gasteiger partial charge >= 0.3 is 0 Å². The Morgan fingerprint density at radius 3 is 2.63 bits per heavy atom. The van der Waals surface area contributed by atoms with Gasteiger partial charge in [0.25, 0.3) is 5.56 Å². The second-order valence-corrected chi connectivity index (χ2v) is 7.23. The van der Waals surface area contributed by atoms with Gasteiger partial charge in [-0.15, -0.1) is 0 Å². The lowest BCUT2D eigenvalue weighted by molar-refractivity contribution is 0.682. The van der Waals surface area contributed by atoms with Crippen molar-refractivity contribution in [3.8, 4) is 17.8 Å². The highest BCUT2D eigenvalue weighted by molar-refractivity contribution is 7.99. The molecular formula is C20H15ClN4OS. The van der Waals surface area contributed by atoms with Crippen LogP contribution >= 0.6 is 23.4 Å². The number of fused-ring (bicyclic) bond motifs is 1. The van der Waals surface area contributed by atoms with E-state index < -0.39 is 0 Å². The maximum atomic E-state index is 13.1. The summed E-state index contributed by atoms with van der Waals surface area (Å²) in [6.07, 6.45) is 0.811. The second-order valence-electron chi connectivity index (χ2n) is 5.84. The summed E-state index contributed by atoms with van der Waals surface area (Å²) in [5.74, 6) is 0.144. The molecule has 7 heteroatoms. The number of halogens is 1. The van der Waals surface area contributed by atoms with Crippen LogP contribution in [0.3, 0.4) is 0 Å². The zero-order valence-electron chi connectivity index (χ0n) is 14.3. The van der Waals surface area contributed by atoms with Crippen LogP contribution in [0.2, 0.25) is 5.02 Å². The fourth-order valence-electron chi connectivity index (χ4n) is 2.65. The van der Waals surface area contributed by atoms with Crippen molar-refractivity contribution in [3.63, 3.8) is 0 Å². The van der Waals surface area contributed by atoms with Crippen LogP contribution in [0.4, 0.5) is 0 Å². The van der Waals surface area contributed by atoms with E-state index in [0.29, 0.717) is 45.4 Å². The molecule has 5 nitrogen and oxygen atoms in total. The lowest BCUT2D eigenvalue weighted by Gasteiger charge is -2.15. The monoisotopic (exact) mass is 394 g/mol. The van der Waals surface area contributed by atoms with Crippen LogP contribution in [0.15, 0.2) is 58.5 Å². The molecule has 0 unspecified atom stereocenters. The van der Waals surface area contributed by atoms with E-state index in [1.54, 1.807) is 36.4 Å². The molecule has 3 aromatic rings. The molecule has 0 fully saturated rings. The number of rotatable bonds is 6. The highest BCUT2D eigenvalue weighted by Crippen LogP contribution is 2.27. The number of para-hydroxylation sites is 2. The number of hydrogen-bond acceptors (Lipinski definition) is 5. The number of nitrogens with zero attached hydrogens (tertiary/aromatic N) is 4. The summed E-state index contributed by atoms with van der Waals surface area (Å²) in [6, 6.07) is 18.5. The summed E-state index contributed by atoms with van der Waals surface area (Å²) >= 11 is 7.65. The number of nitriles is 2. The molecule has 0 radical (unpaired) electrons. The number of hydrogen-bond donors (Lipinski definition) is 0. The minimum Gasteiger partial charge on any atom is -0.268 e. The van der Waals surface area contributed by atoms with E-state index in [9.17, 15) is 10.1 Å². The summed E-state index contributed by atoms with van der Waals surface area (Å²) in [6.45, 7) is 0. The summed E-state index contributed by atoms with van der Waals surface area (Å²) in [7, 11) is 0. The fraction of sp³-hybridized carbons (Fsp3) is 0.200. The Hall–Kier alpha value is -2.80. The van der Waals surface area contributed by atoms with Gasteiger partial charge in [0.05, 0.1) is 39.7 Å². The zero-order valence-corrected chi connectivity index (χ0v) is 15.9. The Labute approximate surface area is 165 Å². The molecule has 0 saturated heterocycles. The molecule has 2 aromatic carbocycles. The Morgan fingerprint density at radius 2 is 1.89 bits per heavy atom. The minimum atomic E-state index is -0.294. The van der Waals surface area contributed by atoms with E-state index in [2.05, 4.69) is 17.1 Å². The Balaban J connectivity index is 2.09. The molecule has 1 aromatic heterocycles. The van der Waals surface area contributed by atoms with Crippen LogP contribution in [0.1, 0.15) is 12.8 Å². The number of thioether (sulfide) groups is 1. The molecule has 0 spiro atoms. The third-order valence-corrected chi connectivity index (χ3v) is 5.46. The molecule has 3 rings (SSSR count). The van der Waals surface area contributed by atoms with Gasteiger partial charge in [0.2, 0.25) is 0 Å². The van der Waals surface area contributed by atoms with Crippen molar-refractivity contribution in [2.75, 3.05) is 5.75 Å². The summed E-state index contributed by atoms with van der Waals surface area (Å²) in [5, 5.41) is 19.5. The average molecular weight is 395 g/mol. The van der Waals surface area contributed by atoms with E-state index >= 15 is 0 Å². The minimum absolute atomic E-state index is 0.207. The predicted octanol–water partition coefficient (Wildman–Crippen LogP) is 4.57. The molecular weight excluding hydrogens is 380 g/mol. The highest BCUT2D eigenvalue weighted by Gasteiger charge is 2.17. The average Bonchev–Trinajstić information content (AvgIpc) is 2.69. The van der Waals surface area contributed by atoms with Gasteiger partial charge in [-0.05, 0) is 30.7 Å². The van der Waals surface area contributed by atoms with Gasteiger partial charge in [-0.1, -0.05) is 47.6 Å². The Bertz CT molecular complexity index is 1110. The Kier molecular flexibility index (Phi) is 6.13. The first-order chi connectivity index (χ1) is 13.2. The SMILES string of the molecule is N#CCC[C@@H](C#N)CSc1nc2ccccc2c(=O)n1-c1ccccc1Cl. The first-order valence-electron chi connectivity index (χ1n) is 8.31. The Morgan fingerprint density at radius 1 is 1.15 bits per heavy atom. The summed E-state index contributed by atoms with van der Waals surface area (Å²) in [4.78, 5) is 17.8. The quantitative estimate of drug-likeness (QED) is 0.451. The van der Waals surface area contributed by atoms with Crippen molar-refractivity contribution in [3.05, 3.63) is 63.9 Å². The highest BCUT2D eigenvalue weighted by atomic mass is 35.5. The van der Waals surface area contributed by atoms with Crippen molar-refractivity contribution in [1.82, 2.24) is 9.55 Å². The largest absolute Gasteiger partial charge is 0.268 e. The van der Waals surface area contributed by atoms with Crippen LogP contribution in [-0.2, 0) is 0 Å². The molecule has 0 bridgehead atoms. The van der Waals surface area contributed by atoms with E-state index in [0.717, 1.165) is 0 Å². The normalized spacial score (nSPS) is 11.7. The molecule has 27 heavy (non-hydrogen) atoms. The van der Waals surface area contributed by atoms with E-state index in [4.69, 9.17) is 16.9 Å². The first kappa shape index (κ1) is 19.0. The van der Waals surface area contributed by atoms with Gasteiger partial charge in [0.1, 0.15) is 0 Å². The molecule has 0 aliphatic heterocycles. The number of benzene rings is 2. The number of aromatic nitrogens is 2. The maximum Gasteiger partial charge on any atom is 0.266 e.